The summed E-state index contributed by atoms with van der Waals surface area (Å²) in [5.41, 5.74) is 3.94. The number of hydrogen-bond acceptors (Lipinski definition) is 9. The van der Waals surface area contributed by atoms with Crippen LogP contribution >= 0.6 is 0 Å². The van der Waals surface area contributed by atoms with Gasteiger partial charge in [0.2, 0.25) is 5.95 Å². The SMILES string of the molecule is c1ccc(-c2coc(Nc3nc(N4CCOCC4)c4oc(-c5ccncc5)cc4n3)n2)cc1. The van der Waals surface area contributed by atoms with Gasteiger partial charge in [-0.3, -0.25) is 10.3 Å². The van der Waals surface area contributed by atoms with Gasteiger partial charge in [0.15, 0.2) is 11.4 Å². The van der Waals surface area contributed by atoms with Crippen molar-refractivity contribution < 1.29 is 13.6 Å². The fourth-order valence-corrected chi connectivity index (χ4v) is 3.79. The van der Waals surface area contributed by atoms with Crippen molar-refractivity contribution in [1.82, 2.24) is 19.9 Å². The van der Waals surface area contributed by atoms with Crippen LogP contribution in [-0.2, 0) is 4.74 Å². The second-order valence-corrected chi connectivity index (χ2v) is 7.56. The van der Waals surface area contributed by atoms with Crippen molar-refractivity contribution in [3.63, 3.8) is 0 Å². The van der Waals surface area contributed by atoms with Gasteiger partial charge in [-0.05, 0) is 12.1 Å². The normalized spacial score (nSPS) is 14.0. The van der Waals surface area contributed by atoms with E-state index in [9.17, 15) is 0 Å². The molecule has 1 fully saturated rings. The lowest BCUT2D eigenvalue weighted by atomic mass is 10.2. The maximum Gasteiger partial charge on any atom is 0.302 e. The first-order valence-corrected chi connectivity index (χ1v) is 10.7. The van der Waals surface area contributed by atoms with Crippen LogP contribution in [0.15, 0.2) is 76.0 Å². The van der Waals surface area contributed by atoms with Gasteiger partial charge in [0.05, 0.1) is 13.2 Å². The van der Waals surface area contributed by atoms with Crippen LogP contribution in [0, 0.1) is 0 Å². The van der Waals surface area contributed by atoms with Crippen molar-refractivity contribution in [3.8, 4) is 22.6 Å². The molecule has 4 aromatic heterocycles. The van der Waals surface area contributed by atoms with Crippen LogP contribution in [0.5, 0.6) is 0 Å². The zero-order valence-electron chi connectivity index (χ0n) is 17.6. The summed E-state index contributed by atoms with van der Waals surface area (Å²) < 4.78 is 17.3. The van der Waals surface area contributed by atoms with E-state index in [1.165, 1.54) is 0 Å². The minimum Gasteiger partial charge on any atom is -0.450 e. The molecule has 0 radical (unpaired) electrons. The molecule has 164 valence electrons. The van der Waals surface area contributed by atoms with Gasteiger partial charge in [0.25, 0.3) is 0 Å². The van der Waals surface area contributed by atoms with Crippen LogP contribution in [0.4, 0.5) is 17.8 Å². The van der Waals surface area contributed by atoms with Gasteiger partial charge >= 0.3 is 6.01 Å². The highest BCUT2D eigenvalue weighted by Crippen LogP contribution is 2.33. The molecule has 1 aromatic carbocycles. The highest BCUT2D eigenvalue weighted by Gasteiger charge is 2.22. The fraction of sp³-hybridized carbons (Fsp3) is 0.167. The molecule has 0 unspecified atom stereocenters. The van der Waals surface area contributed by atoms with Crippen LogP contribution in [0.25, 0.3) is 33.7 Å². The predicted octanol–water partition coefficient (Wildman–Crippen LogP) is 4.52. The molecule has 1 aliphatic rings. The summed E-state index contributed by atoms with van der Waals surface area (Å²) in [6.45, 7) is 2.70. The molecule has 1 aliphatic heterocycles. The Hall–Kier alpha value is -4.24. The molecule has 5 heterocycles. The summed E-state index contributed by atoms with van der Waals surface area (Å²) in [4.78, 5) is 20.2. The number of fused-ring (bicyclic) bond motifs is 1. The standard InChI is InChI=1S/C24H20N6O3/c1-2-4-16(5-3-1)19-15-32-24(27-19)29-23-26-18-14-20(17-6-8-25-9-7-17)33-21(18)22(28-23)30-10-12-31-13-11-30/h1-9,14-15H,10-13H2,(H,26,27,28,29). The smallest absolute Gasteiger partial charge is 0.302 e. The zero-order valence-corrected chi connectivity index (χ0v) is 17.6. The molecular weight excluding hydrogens is 420 g/mol. The maximum absolute atomic E-state index is 6.20. The topological polar surface area (TPSA) is 102 Å². The number of benzene rings is 1. The molecule has 9 nitrogen and oxygen atoms in total. The number of aromatic nitrogens is 4. The summed E-state index contributed by atoms with van der Waals surface area (Å²) in [6.07, 6.45) is 5.08. The molecular formula is C24H20N6O3. The van der Waals surface area contributed by atoms with Crippen molar-refractivity contribution in [2.75, 3.05) is 36.5 Å². The third kappa shape index (κ3) is 3.90. The van der Waals surface area contributed by atoms with Gasteiger partial charge in [-0.2, -0.15) is 9.97 Å². The summed E-state index contributed by atoms with van der Waals surface area (Å²) in [5, 5.41) is 3.11. The number of oxazole rings is 1. The molecule has 5 aromatic rings. The molecule has 6 rings (SSSR count). The van der Waals surface area contributed by atoms with E-state index < -0.39 is 0 Å². The van der Waals surface area contributed by atoms with Crippen molar-refractivity contribution in [1.29, 1.82) is 0 Å². The van der Waals surface area contributed by atoms with E-state index in [1.807, 2.05) is 48.5 Å². The highest BCUT2D eigenvalue weighted by atomic mass is 16.5. The molecule has 0 atom stereocenters. The maximum atomic E-state index is 6.20. The lowest BCUT2D eigenvalue weighted by Crippen LogP contribution is -2.37. The summed E-state index contributed by atoms with van der Waals surface area (Å²) in [5.74, 6) is 1.80. The number of hydrogen-bond donors (Lipinski definition) is 1. The molecule has 0 aliphatic carbocycles. The van der Waals surface area contributed by atoms with Crippen molar-refractivity contribution in [3.05, 3.63) is 67.2 Å². The average molecular weight is 440 g/mol. The minimum atomic E-state index is 0.319. The monoisotopic (exact) mass is 440 g/mol. The number of pyridine rings is 1. The molecule has 0 saturated carbocycles. The van der Waals surface area contributed by atoms with Crippen molar-refractivity contribution in [2.24, 2.45) is 0 Å². The van der Waals surface area contributed by atoms with E-state index in [0.717, 1.165) is 16.8 Å². The van der Waals surface area contributed by atoms with Crippen LogP contribution < -0.4 is 10.2 Å². The molecule has 0 bridgehead atoms. The van der Waals surface area contributed by atoms with Gasteiger partial charge < -0.3 is 18.5 Å². The molecule has 1 saturated heterocycles. The van der Waals surface area contributed by atoms with E-state index >= 15 is 0 Å². The second kappa shape index (κ2) is 8.36. The van der Waals surface area contributed by atoms with E-state index in [2.05, 4.69) is 25.2 Å². The summed E-state index contributed by atoms with van der Waals surface area (Å²) in [7, 11) is 0. The van der Waals surface area contributed by atoms with E-state index in [4.69, 9.17) is 18.6 Å². The van der Waals surface area contributed by atoms with Gasteiger partial charge in [-0.15, -0.1) is 0 Å². The first kappa shape index (κ1) is 19.4. The van der Waals surface area contributed by atoms with Crippen molar-refractivity contribution >= 4 is 28.9 Å². The quantitative estimate of drug-likeness (QED) is 0.422. The number of nitrogens with zero attached hydrogens (tertiary/aromatic N) is 5. The average Bonchev–Trinajstić information content (AvgIpc) is 3.53. The van der Waals surface area contributed by atoms with E-state index in [-0.39, 0.29) is 0 Å². The molecule has 0 amide bonds. The molecule has 0 spiro atoms. The second-order valence-electron chi connectivity index (χ2n) is 7.56. The van der Waals surface area contributed by atoms with Crippen LogP contribution in [0.1, 0.15) is 0 Å². The Kier molecular flexibility index (Phi) is 4.93. The third-order valence-electron chi connectivity index (χ3n) is 5.42. The molecule has 9 heteroatoms. The summed E-state index contributed by atoms with van der Waals surface area (Å²) >= 11 is 0. The Balaban J connectivity index is 1.38. The summed E-state index contributed by atoms with van der Waals surface area (Å²) in [6, 6.07) is 15.9. The number of ether oxygens (including phenoxy) is 1. The zero-order chi connectivity index (χ0) is 22.0. The largest absolute Gasteiger partial charge is 0.450 e. The Morgan fingerprint density at radius 3 is 2.52 bits per heavy atom. The van der Waals surface area contributed by atoms with Gasteiger partial charge in [0, 0.05) is 42.7 Å². The number of anilines is 3. The van der Waals surface area contributed by atoms with Gasteiger partial charge in [0.1, 0.15) is 23.2 Å². The predicted molar refractivity (Wildman–Crippen MR) is 123 cm³/mol. The Morgan fingerprint density at radius 2 is 1.70 bits per heavy atom. The number of morpholine rings is 1. The number of nitrogens with one attached hydrogen (secondary N) is 1. The lowest BCUT2D eigenvalue weighted by molar-refractivity contribution is 0.122. The fourth-order valence-electron chi connectivity index (χ4n) is 3.79. The van der Waals surface area contributed by atoms with Crippen molar-refractivity contribution in [2.45, 2.75) is 0 Å². The lowest BCUT2D eigenvalue weighted by Gasteiger charge is -2.27. The molecule has 1 N–H and O–H groups in total. The highest BCUT2D eigenvalue weighted by molar-refractivity contribution is 5.89. The van der Waals surface area contributed by atoms with E-state index in [0.29, 0.717) is 60.9 Å². The Labute approximate surface area is 189 Å². The van der Waals surface area contributed by atoms with Crippen LogP contribution in [0.2, 0.25) is 0 Å². The Morgan fingerprint density at radius 1 is 0.879 bits per heavy atom. The molecule has 33 heavy (non-hydrogen) atoms. The van der Waals surface area contributed by atoms with Crippen LogP contribution in [0.3, 0.4) is 0 Å². The van der Waals surface area contributed by atoms with Gasteiger partial charge in [-0.1, -0.05) is 30.3 Å². The minimum absolute atomic E-state index is 0.319. The van der Waals surface area contributed by atoms with E-state index in [1.54, 1.807) is 18.7 Å². The Bertz CT molecular complexity index is 1380. The van der Waals surface area contributed by atoms with Gasteiger partial charge in [-0.25, -0.2) is 4.98 Å². The number of furan rings is 1. The first-order valence-electron chi connectivity index (χ1n) is 10.7. The van der Waals surface area contributed by atoms with Crippen LogP contribution in [-0.4, -0.2) is 46.2 Å². The first-order chi connectivity index (χ1) is 16.3. The third-order valence-corrected chi connectivity index (χ3v) is 5.42. The number of rotatable bonds is 5.